The van der Waals surface area contributed by atoms with Gasteiger partial charge in [-0.15, -0.1) is 0 Å². The number of carbonyl (C=O) groups is 1. The minimum atomic E-state index is -1.15. The summed E-state index contributed by atoms with van der Waals surface area (Å²) in [5, 5.41) is 9.90. The van der Waals surface area contributed by atoms with Crippen molar-refractivity contribution in [2.75, 3.05) is 0 Å². The van der Waals surface area contributed by atoms with E-state index in [9.17, 15) is 9.90 Å². The molecule has 0 saturated heterocycles. The Hall–Kier alpha value is -0.0500. The van der Waals surface area contributed by atoms with E-state index in [1.807, 2.05) is 6.08 Å². The molecule has 0 N–H and O–H groups in total. The monoisotopic (exact) mass is 190 g/mol. The fraction of sp³-hybridized carbons (Fsp3) is 0.500. The largest absolute Gasteiger partial charge is 1.00 e. The first-order valence-corrected chi connectivity index (χ1v) is 4.31. The zero-order valence-corrected chi connectivity index (χ0v) is 10.5. The predicted molar refractivity (Wildman–Crippen MR) is 47.4 cm³/mol. The molecule has 0 aliphatic carbocycles. The molecule has 0 aromatic carbocycles. The average Bonchev–Trinajstić information content (AvgIpc) is 2.02. The van der Waals surface area contributed by atoms with Crippen LogP contribution in [0.5, 0.6) is 0 Å². The second kappa shape index (κ2) is 11.9. The smallest absolute Gasteiger partial charge is 0.545 e. The quantitative estimate of drug-likeness (QED) is 0.220. The molecule has 0 aromatic heterocycles. The summed E-state index contributed by atoms with van der Waals surface area (Å²) in [7, 11) is 0. The molecule has 0 rings (SSSR count). The molecule has 0 spiro atoms. The van der Waals surface area contributed by atoms with E-state index in [-0.39, 0.29) is 29.6 Å². The Morgan fingerprint density at radius 3 is 2.54 bits per heavy atom. The van der Waals surface area contributed by atoms with E-state index >= 15 is 0 Å². The molecular weight excluding hydrogens is 175 g/mol. The second-order valence-electron chi connectivity index (χ2n) is 2.60. The third kappa shape index (κ3) is 14.8. The van der Waals surface area contributed by atoms with Crippen LogP contribution in [-0.2, 0) is 4.79 Å². The second-order valence-corrected chi connectivity index (χ2v) is 2.60. The first-order valence-electron chi connectivity index (χ1n) is 4.31. The van der Waals surface area contributed by atoms with Crippen LogP contribution in [0, 0.1) is 0 Å². The number of carboxylic acid groups (broad SMARTS) is 1. The van der Waals surface area contributed by atoms with Gasteiger partial charge in [-0.3, -0.25) is 0 Å². The molecule has 0 amide bonds. The van der Waals surface area contributed by atoms with E-state index in [2.05, 4.69) is 6.92 Å². The number of carbonyl (C=O) groups excluding carboxylic acids is 1. The Morgan fingerprint density at radius 2 is 2.00 bits per heavy atom. The summed E-state index contributed by atoms with van der Waals surface area (Å²) in [5.41, 5.74) is 0. The average molecular weight is 190 g/mol. The summed E-state index contributed by atoms with van der Waals surface area (Å²) in [6, 6.07) is 0. The van der Waals surface area contributed by atoms with Gasteiger partial charge in [-0.2, -0.15) is 0 Å². The molecule has 0 aliphatic heterocycles. The molecule has 0 fully saturated rings. The van der Waals surface area contributed by atoms with Gasteiger partial charge in [0.15, 0.2) is 0 Å². The van der Waals surface area contributed by atoms with Gasteiger partial charge in [0.25, 0.3) is 0 Å². The van der Waals surface area contributed by atoms with Gasteiger partial charge in [0, 0.05) is 0 Å². The van der Waals surface area contributed by atoms with E-state index in [1.165, 1.54) is 25.3 Å². The molecule has 0 heterocycles. The standard InChI is InChI=1S/C10H16O2.Na/c1-2-3-4-5-6-7-8-9-10(11)12;/h6-9H,2-5H2,1H3,(H,11,12);/q;+1/p-1/b7-6+,9-8+;. The third-order valence-corrected chi connectivity index (χ3v) is 1.45. The van der Waals surface area contributed by atoms with Crippen molar-refractivity contribution in [3.05, 3.63) is 24.3 Å². The van der Waals surface area contributed by atoms with Crippen molar-refractivity contribution in [2.45, 2.75) is 32.6 Å². The minimum Gasteiger partial charge on any atom is -0.545 e. The summed E-state index contributed by atoms with van der Waals surface area (Å²) >= 11 is 0. The number of carboxylic acids is 1. The summed E-state index contributed by atoms with van der Waals surface area (Å²) in [6.45, 7) is 2.15. The molecular formula is C10H15NaO2. The number of hydrogen-bond donors (Lipinski definition) is 0. The summed E-state index contributed by atoms with van der Waals surface area (Å²) in [4.78, 5) is 9.90. The number of allylic oxidation sites excluding steroid dienone is 3. The van der Waals surface area contributed by atoms with Crippen LogP contribution in [0.4, 0.5) is 0 Å². The zero-order valence-electron chi connectivity index (χ0n) is 8.45. The van der Waals surface area contributed by atoms with Crippen molar-refractivity contribution in [1.29, 1.82) is 0 Å². The van der Waals surface area contributed by atoms with Crippen LogP contribution in [0.3, 0.4) is 0 Å². The summed E-state index contributed by atoms with van der Waals surface area (Å²) in [6.07, 6.45) is 10.9. The molecule has 3 heteroatoms. The van der Waals surface area contributed by atoms with Crippen molar-refractivity contribution in [2.24, 2.45) is 0 Å². The fourth-order valence-electron chi connectivity index (χ4n) is 0.821. The maximum Gasteiger partial charge on any atom is 1.00 e. The maximum absolute atomic E-state index is 9.90. The maximum atomic E-state index is 9.90. The Balaban J connectivity index is 0. The van der Waals surface area contributed by atoms with E-state index < -0.39 is 5.97 Å². The van der Waals surface area contributed by atoms with E-state index in [0.29, 0.717) is 0 Å². The van der Waals surface area contributed by atoms with Gasteiger partial charge >= 0.3 is 29.6 Å². The van der Waals surface area contributed by atoms with Crippen molar-refractivity contribution in [3.8, 4) is 0 Å². The summed E-state index contributed by atoms with van der Waals surface area (Å²) in [5.74, 6) is -1.15. The van der Waals surface area contributed by atoms with Gasteiger partial charge in [-0.1, -0.05) is 38.0 Å². The number of aliphatic carboxylic acids is 1. The molecule has 0 bridgehead atoms. The Morgan fingerprint density at radius 1 is 1.31 bits per heavy atom. The van der Waals surface area contributed by atoms with Crippen LogP contribution in [0.25, 0.3) is 0 Å². The van der Waals surface area contributed by atoms with Gasteiger partial charge in [-0.05, 0) is 18.9 Å². The van der Waals surface area contributed by atoms with Crippen LogP contribution in [-0.4, -0.2) is 5.97 Å². The first-order chi connectivity index (χ1) is 5.77. The van der Waals surface area contributed by atoms with Gasteiger partial charge < -0.3 is 9.90 Å². The van der Waals surface area contributed by atoms with Crippen molar-refractivity contribution in [3.63, 3.8) is 0 Å². The van der Waals surface area contributed by atoms with Crippen molar-refractivity contribution < 1.29 is 39.5 Å². The van der Waals surface area contributed by atoms with E-state index in [0.717, 1.165) is 12.5 Å². The SMILES string of the molecule is CCCCC/C=C/C=C/C(=O)[O-].[Na+]. The van der Waals surface area contributed by atoms with E-state index in [4.69, 9.17) is 0 Å². The third-order valence-electron chi connectivity index (χ3n) is 1.45. The fourth-order valence-corrected chi connectivity index (χ4v) is 0.821. The van der Waals surface area contributed by atoms with Gasteiger partial charge in [-0.25, -0.2) is 0 Å². The Bertz CT molecular complexity index is 174. The van der Waals surface area contributed by atoms with Crippen LogP contribution in [0.2, 0.25) is 0 Å². The molecule has 68 valence electrons. The van der Waals surface area contributed by atoms with Gasteiger partial charge in [0.1, 0.15) is 0 Å². The Kier molecular flexibility index (Phi) is 14.2. The van der Waals surface area contributed by atoms with Crippen molar-refractivity contribution in [1.82, 2.24) is 0 Å². The molecule has 0 aromatic rings. The topological polar surface area (TPSA) is 40.1 Å². The molecule has 0 radical (unpaired) electrons. The number of hydrogen-bond acceptors (Lipinski definition) is 2. The van der Waals surface area contributed by atoms with Crippen molar-refractivity contribution >= 4 is 5.97 Å². The van der Waals surface area contributed by atoms with E-state index in [1.54, 1.807) is 6.08 Å². The molecule has 0 atom stereocenters. The van der Waals surface area contributed by atoms with Gasteiger partial charge in [0.05, 0.1) is 5.97 Å². The zero-order chi connectivity index (χ0) is 9.23. The predicted octanol–water partition coefficient (Wildman–Crippen LogP) is -1.57. The Labute approximate surface area is 102 Å². The minimum absolute atomic E-state index is 0. The van der Waals surface area contributed by atoms with Crippen LogP contribution in [0.1, 0.15) is 32.6 Å². The summed E-state index contributed by atoms with van der Waals surface area (Å²) < 4.78 is 0. The first kappa shape index (κ1) is 15.4. The molecule has 0 saturated carbocycles. The van der Waals surface area contributed by atoms with Crippen LogP contribution >= 0.6 is 0 Å². The van der Waals surface area contributed by atoms with Crippen LogP contribution < -0.4 is 34.7 Å². The molecule has 0 unspecified atom stereocenters. The molecule has 2 nitrogen and oxygen atoms in total. The molecule has 13 heavy (non-hydrogen) atoms. The number of rotatable bonds is 6. The van der Waals surface area contributed by atoms with Gasteiger partial charge in [0.2, 0.25) is 0 Å². The normalized spacial score (nSPS) is 10.5. The number of unbranched alkanes of at least 4 members (excludes halogenated alkanes) is 3. The van der Waals surface area contributed by atoms with Crippen LogP contribution in [0.15, 0.2) is 24.3 Å². The molecule has 0 aliphatic rings.